The Morgan fingerprint density at radius 1 is 1.47 bits per heavy atom. The molecule has 1 aromatic carbocycles. The monoisotopic (exact) mass is 280 g/mol. The molecule has 19 heavy (non-hydrogen) atoms. The van der Waals surface area contributed by atoms with E-state index in [-0.39, 0.29) is 11.9 Å². The fourth-order valence-electron chi connectivity index (χ4n) is 2.71. The highest BCUT2D eigenvalue weighted by molar-refractivity contribution is 6.31. The van der Waals surface area contributed by atoms with Gasteiger partial charge in [0.15, 0.2) is 0 Å². The average molecular weight is 281 g/mol. The van der Waals surface area contributed by atoms with Crippen molar-refractivity contribution >= 4 is 17.5 Å². The van der Waals surface area contributed by atoms with Gasteiger partial charge in [0.25, 0.3) is 5.91 Å². The van der Waals surface area contributed by atoms with Crippen molar-refractivity contribution in [3.05, 3.63) is 34.3 Å². The molecule has 1 aromatic rings. The lowest BCUT2D eigenvalue weighted by molar-refractivity contribution is 0.0924. The highest BCUT2D eigenvalue weighted by Gasteiger charge is 2.25. The lowest BCUT2D eigenvalue weighted by atomic mass is 9.98. The van der Waals surface area contributed by atoms with Gasteiger partial charge in [0, 0.05) is 23.2 Å². The van der Waals surface area contributed by atoms with E-state index in [9.17, 15) is 4.79 Å². The van der Waals surface area contributed by atoms with Crippen LogP contribution in [0.5, 0.6) is 0 Å². The van der Waals surface area contributed by atoms with Gasteiger partial charge in [-0.1, -0.05) is 30.5 Å². The third kappa shape index (κ3) is 3.48. The summed E-state index contributed by atoms with van der Waals surface area (Å²) < 4.78 is 0. The second kappa shape index (κ2) is 6.40. The van der Waals surface area contributed by atoms with Crippen LogP contribution >= 0.6 is 11.6 Å². The van der Waals surface area contributed by atoms with Gasteiger partial charge in [-0.2, -0.15) is 0 Å². The van der Waals surface area contributed by atoms with Crippen LogP contribution in [0.15, 0.2) is 18.2 Å². The molecule has 3 N–H and O–H groups in total. The zero-order valence-corrected chi connectivity index (χ0v) is 12.0. The highest BCUT2D eigenvalue weighted by atomic mass is 35.5. The van der Waals surface area contributed by atoms with Crippen molar-refractivity contribution in [3.8, 4) is 0 Å². The van der Waals surface area contributed by atoms with Crippen LogP contribution in [-0.4, -0.2) is 18.5 Å². The minimum absolute atomic E-state index is 0.0788. The molecule has 0 bridgehead atoms. The van der Waals surface area contributed by atoms with E-state index >= 15 is 0 Å². The summed E-state index contributed by atoms with van der Waals surface area (Å²) in [6, 6.07) is 5.47. The molecule has 2 rings (SSSR count). The summed E-state index contributed by atoms with van der Waals surface area (Å²) in [6.07, 6.45) is 4.81. The van der Waals surface area contributed by atoms with Crippen LogP contribution in [0, 0.1) is 12.8 Å². The zero-order chi connectivity index (χ0) is 13.8. The Morgan fingerprint density at radius 3 is 2.74 bits per heavy atom. The van der Waals surface area contributed by atoms with Crippen molar-refractivity contribution < 1.29 is 4.79 Å². The Hall–Kier alpha value is -1.06. The van der Waals surface area contributed by atoms with Crippen LogP contribution in [0.1, 0.15) is 41.6 Å². The Morgan fingerprint density at radius 2 is 2.16 bits per heavy atom. The fourth-order valence-corrected chi connectivity index (χ4v) is 2.90. The molecule has 3 nitrogen and oxygen atoms in total. The maximum atomic E-state index is 12.2. The molecule has 1 aliphatic carbocycles. The van der Waals surface area contributed by atoms with Crippen molar-refractivity contribution in [2.24, 2.45) is 11.7 Å². The smallest absolute Gasteiger partial charge is 0.251 e. The van der Waals surface area contributed by atoms with Gasteiger partial charge in [0.2, 0.25) is 0 Å². The van der Waals surface area contributed by atoms with Gasteiger partial charge in [-0.3, -0.25) is 4.79 Å². The third-order valence-corrected chi connectivity index (χ3v) is 4.38. The minimum Gasteiger partial charge on any atom is -0.348 e. The molecule has 1 amide bonds. The van der Waals surface area contributed by atoms with E-state index in [1.54, 1.807) is 12.1 Å². The minimum atomic E-state index is -0.0794. The summed E-state index contributed by atoms with van der Waals surface area (Å²) in [5.41, 5.74) is 7.37. The average Bonchev–Trinajstić information content (AvgIpc) is 2.92. The maximum Gasteiger partial charge on any atom is 0.251 e. The number of nitrogens with two attached hydrogens (primary N) is 1. The Labute approximate surface area is 119 Å². The molecule has 1 unspecified atom stereocenters. The number of hydrogen-bond acceptors (Lipinski definition) is 2. The molecule has 104 valence electrons. The summed E-state index contributed by atoms with van der Waals surface area (Å²) >= 11 is 6.05. The zero-order valence-electron chi connectivity index (χ0n) is 11.3. The number of amides is 1. The first-order chi connectivity index (χ1) is 9.11. The van der Waals surface area contributed by atoms with Crippen LogP contribution in [0.2, 0.25) is 5.02 Å². The van der Waals surface area contributed by atoms with Gasteiger partial charge in [0.1, 0.15) is 0 Å². The first-order valence-corrected chi connectivity index (χ1v) is 7.26. The molecule has 0 saturated heterocycles. The highest BCUT2D eigenvalue weighted by Crippen LogP contribution is 2.27. The van der Waals surface area contributed by atoms with Gasteiger partial charge in [-0.25, -0.2) is 0 Å². The normalized spacial score (nSPS) is 17.4. The van der Waals surface area contributed by atoms with Gasteiger partial charge in [0.05, 0.1) is 0 Å². The number of hydrogen-bond donors (Lipinski definition) is 2. The number of rotatable bonds is 4. The van der Waals surface area contributed by atoms with Crippen LogP contribution in [-0.2, 0) is 0 Å². The lowest BCUT2D eigenvalue weighted by Gasteiger charge is -2.23. The van der Waals surface area contributed by atoms with Gasteiger partial charge in [-0.05, 0) is 43.4 Å². The number of benzene rings is 1. The van der Waals surface area contributed by atoms with Crippen LogP contribution < -0.4 is 11.1 Å². The summed E-state index contributed by atoms with van der Waals surface area (Å²) in [5.74, 6) is 0.444. The lowest BCUT2D eigenvalue weighted by Crippen LogP contribution is -2.44. The molecular weight excluding hydrogens is 260 g/mol. The summed E-state index contributed by atoms with van der Waals surface area (Å²) in [7, 11) is 0. The quantitative estimate of drug-likeness (QED) is 0.891. The molecule has 4 heteroatoms. The molecule has 0 aliphatic heterocycles. The SMILES string of the molecule is Cc1ccc(C(=O)NC(CN)C2CCCC2)cc1Cl. The standard InChI is InChI=1S/C15H21ClN2O/c1-10-6-7-12(8-13(10)16)15(19)18-14(9-17)11-4-2-3-5-11/h6-8,11,14H,2-5,9,17H2,1H3,(H,18,19). The molecule has 1 fully saturated rings. The van der Waals surface area contributed by atoms with E-state index in [1.807, 2.05) is 13.0 Å². The number of nitrogens with one attached hydrogen (secondary N) is 1. The molecule has 1 atom stereocenters. The van der Waals surface area contributed by atoms with Gasteiger partial charge in [-0.15, -0.1) is 0 Å². The van der Waals surface area contributed by atoms with Crippen molar-refractivity contribution in [2.75, 3.05) is 6.54 Å². The van der Waals surface area contributed by atoms with Crippen molar-refractivity contribution in [1.82, 2.24) is 5.32 Å². The van der Waals surface area contributed by atoms with E-state index in [2.05, 4.69) is 5.32 Å². The van der Waals surface area contributed by atoms with Crippen LogP contribution in [0.3, 0.4) is 0 Å². The molecule has 0 spiro atoms. The van der Waals surface area contributed by atoms with E-state index < -0.39 is 0 Å². The fraction of sp³-hybridized carbons (Fsp3) is 0.533. The number of halogens is 1. The van der Waals surface area contributed by atoms with Crippen LogP contribution in [0.25, 0.3) is 0 Å². The Bertz CT molecular complexity index is 455. The molecule has 0 aromatic heterocycles. The molecule has 1 aliphatic rings. The van der Waals surface area contributed by atoms with Crippen molar-refractivity contribution in [3.63, 3.8) is 0 Å². The van der Waals surface area contributed by atoms with Crippen molar-refractivity contribution in [2.45, 2.75) is 38.6 Å². The number of aryl methyl sites for hydroxylation is 1. The molecule has 0 heterocycles. The maximum absolute atomic E-state index is 12.2. The Kier molecular flexibility index (Phi) is 4.83. The first kappa shape index (κ1) is 14.4. The van der Waals surface area contributed by atoms with E-state index in [0.717, 1.165) is 18.4 Å². The number of carbonyl (C=O) groups is 1. The molecule has 0 radical (unpaired) electrons. The summed E-state index contributed by atoms with van der Waals surface area (Å²) in [4.78, 5) is 12.2. The predicted octanol–water partition coefficient (Wildman–Crippen LogP) is 2.90. The van der Waals surface area contributed by atoms with Crippen molar-refractivity contribution in [1.29, 1.82) is 0 Å². The summed E-state index contributed by atoms with van der Waals surface area (Å²) in [6.45, 7) is 2.42. The van der Waals surface area contributed by atoms with Gasteiger partial charge >= 0.3 is 0 Å². The van der Waals surface area contributed by atoms with Crippen LogP contribution in [0.4, 0.5) is 0 Å². The predicted molar refractivity (Wildman–Crippen MR) is 78.5 cm³/mol. The second-order valence-corrected chi connectivity index (χ2v) is 5.73. The first-order valence-electron chi connectivity index (χ1n) is 6.89. The summed E-state index contributed by atoms with van der Waals surface area (Å²) in [5, 5.41) is 3.67. The number of carbonyl (C=O) groups excluding carboxylic acids is 1. The topological polar surface area (TPSA) is 55.1 Å². The largest absolute Gasteiger partial charge is 0.348 e. The van der Waals surface area contributed by atoms with E-state index in [1.165, 1.54) is 12.8 Å². The second-order valence-electron chi connectivity index (χ2n) is 5.32. The Balaban J connectivity index is 2.04. The third-order valence-electron chi connectivity index (χ3n) is 3.97. The van der Waals surface area contributed by atoms with E-state index in [4.69, 9.17) is 17.3 Å². The van der Waals surface area contributed by atoms with Gasteiger partial charge < -0.3 is 11.1 Å². The van der Waals surface area contributed by atoms with E-state index in [0.29, 0.717) is 23.0 Å². The molecule has 1 saturated carbocycles. The molecular formula is C15H21ClN2O.